The van der Waals surface area contributed by atoms with Gasteiger partial charge in [0.1, 0.15) is 5.78 Å². The zero-order valence-corrected chi connectivity index (χ0v) is 9.84. The van der Waals surface area contributed by atoms with Gasteiger partial charge in [0.25, 0.3) is 5.91 Å². The number of hydrogen-bond donors (Lipinski definition) is 0. The van der Waals surface area contributed by atoms with Gasteiger partial charge >= 0.3 is 0 Å². The highest BCUT2D eigenvalue weighted by atomic mass is 35.5. The summed E-state index contributed by atoms with van der Waals surface area (Å²) in [5, 5.41) is -0.0658. The van der Waals surface area contributed by atoms with Crippen LogP contribution in [0.4, 0.5) is 4.39 Å². The van der Waals surface area contributed by atoms with Gasteiger partial charge in [0.2, 0.25) is 0 Å². The highest BCUT2D eigenvalue weighted by molar-refractivity contribution is 6.31. The molecule has 2 rings (SSSR count). The van der Waals surface area contributed by atoms with Crippen LogP contribution in [0.2, 0.25) is 5.02 Å². The van der Waals surface area contributed by atoms with Gasteiger partial charge in [-0.25, -0.2) is 4.39 Å². The van der Waals surface area contributed by atoms with Crippen molar-refractivity contribution < 1.29 is 14.0 Å². The van der Waals surface area contributed by atoms with Crippen molar-refractivity contribution in [3.8, 4) is 0 Å². The molecule has 0 unspecified atom stereocenters. The summed E-state index contributed by atoms with van der Waals surface area (Å²) in [6, 6.07) is 4.33. The van der Waals surface area contributed by atoms with Crippen molar-refractivity contribution in [2.45, 2.75) is 12.8 Å². The van der Waals surface area contributed by atoms with Crippen LogP contribution in [0, 0.1) is 5.82 Å². The molecule has 0 atom stereocenters. The van der Waals surface area contributed by atoms with Crippen LogP contribution in [0.15, 0.2) is 18.2 Å². The van der Waals surface area contributed by atoms with Crippen molar-refractivity contribution in [3.63, 3.8) is 0 Å². The van der Waals surface area contributed by atoms with Gasteiger partial charge in [-0.3, -0.25) is 9.59 Å². The lowest BCUT2D eigenvalue weighted by Gasteiger charge is -2.26. The predicted molar refractivity (Wildman–Crippen MR) is 61.6 cm³/mol. The molecule has 0 N–H and O–H groups in total. The molecule has 0 bridgehead atoms. The second kappa shape index (κ2) is 4.84. The summed E-state index contributed by atoms with van der Waals surface area (Å²) in [5.41, 5.74) is -0.0353. The molecule has 0 radical (unpaired) electrons. The highest BCUT2D eigenvalue weighted by Crippen LogP contribution is 2.20. The average Bonchev–Trinajstić information content (AvgIpc) is 2.33. The molecule has 1 aromatic rings. The van der Waals surface area contributed by atoms with Crippen LogP contribution in [-0.4, -0.2) is 29.7 Å². The van der Waals surface area contributed by atoms with Crippen LogP contribution in [0.25, 0.3) is 0 Å². The van der Waals surface area contributed by atoms with Gasteiger partial charge < -0.3 is 4.90 Å². The molecule has 90 valence electrons. The first-order valence-corrected chi connectivity index (χ1v) is 5.72. The highest BCUT2D eigenvalue weighted by Gasteiger charge is 2.24. The quantitative estimate of drug-likeness (QED) is 0.772. The minimum Gasteiger partial charge on any atom is -0.338 e. The standard InChI is InChI=1S/C12H11ClFNO2/c13-10-3-1-2-9(11(10)14)12(17)15-6-4-8(16)5-7-15/h1-3H,4-7H2. The normalized spacial score (nSPS) is 16.1. The van der Waals surface area contributed by atoms with Crippen molar-refractivity contribution in [1.82, 2.24) is 4.90 Å². The van der Waals surface area contributed by atoms with E-state index in [2.05, 4.69) is 0 Å². The van der Waals surface area contributed by atoms with E-state index in [1.165, 1.54) is 23.1 Å². The van der Waals surface area contributed by atoms with E-state index in [4.69, 9.17) is 11.6 Å². The molecule has 3 nitrogen and oxygen atoms in total. The summed E-state index contributed by atoms with van der Waals surface area (Å²) in [5.74, 6) is -0.964. The second-order valence-corrected chi connectivity index (χ2v) is 4.34. The predicted octanol–water partition coefficient (Wildman–Crippen LogP) is 2.28. The Morgan fingerprint density at radius 1 is 1.29 bits per heavy atom. The molecule has 0 saturated carbocycles. The van der Waals surface area contributed by atoms with E-state index in [0.29, 0.717) is 25.9 Å². The smallest absolute Gasteiger partial charge is 0.256 e. The van der Waals surface area contributed by atoms with Crippen LogP contribution in [0.1, 0.15) is 23.2 Å². The van der Waals surface area contributed by atoms with E-state index in [1.54, 1.807) is 0 Å². The third-order valence-corrected chi connectivity index (χ3v) is 3.08. The molecule has 0 aromatic heterocycles. The lowest BCUT2D eigenvalue weighted by molar-refractivity contribution is -0.120. The van der Waals surface area contributed by atoms with Crippen molar-refractivity contribution in [1.29, 1.82) is 0 Å². The van der Waals surface area contributed by atoms with Crippen LogP contribution in [0.5, 0.6) is 0 Å². The number of piperidine rings is 1. The first kappa shape index (κ1) is 12.0. The molecule has 1 heterocycles. The summed E-state index contributed by atoms with van der Waals surface area (Å²) in [6.07, 6.45) is 0.682. The minimum absolute atomic E-state index is 0.0353. The largest absolute Gasteiger partial charge is 0.338 e. The fraction of sp³-hybridized carbons (Fsp3) is 0.333. The van der Waals surface area contributed by atoms with Crippen molar-refractivity contribution >= 4 is 23.3 Å². The van der Waals surface area contributed by atoms with Crippen molar-refractivity contribution in [2.24, 2.45) is 0 Å². The van der Waals surface area contributed by atoms with Gasteiger partial charge in [-0.15, -0.1) is 0 Å². The Bertz CT molecular complexity index is 466. The Hall–Kier alpha value is -1.42. The fourth-order valence-electron chi connectivity index (χ4n) is 1.80. The lowest BCUT2D eigenvalue weighted by atomic mass is 10.1. The van der Waals surface area contributed by atoms with Crippen molar-refractivity contribution in [3.05, 3.63) is 34.6 Å². The molecular formula is C12H11ClFNO2. The molecule has 1 aromatic carbocycles. The summed E-state index contributed by atoms with van der Waals surface area (Å²) in [4.78, 5) is 24.5. The van der Waals surface area contributed by atoms with E-state index < -0.39 is 11.7 Å². The molecule has 17 heavy (non-hydrogen) atoms. The number of carbonyl (C=O) groups is 2. The maximum absolute atomic E-state index is 13.6. The third kappa shape index (κ3) is 2.47. The average molecular weight is 256 g/mol. The summed E-state index contributed by atoms with van der Waals surface area (Å²) in [7, 11) is 0. The zero-order chi connectivity index (χ0) is 12.4. The fourth-order valence-corrected chi connectivity index (χ4v) is 1.97. The van der Waals surface area contributed by atoms with Gasteiger partial charge in [0.15, 0.2) is 5.82 Å². The number of halogens is 2. The topological polar surface area (TPSA) is 37.4 Å². The van der Waals surface area contributed by atoms with Gasteiger partial charge in [-0.2, -0.15) is 0 Å². The maximum Gasteiger partial charge on any atom is 0.256 e. The lowest BCUT2D eigenvalue weighted by Crippen LogP contribution is -2.39. The van der Waals surface area contributed by atoms with Crippen LogP contribution in [0.3, 0.4) is 0 Å². The Morgan fingerprint density at radius 2 is 1.94 bits per heavy atom. The Labute approximate surface area is 103 Å². The number of Topliss-reactive ketones (excluding diaryl/α,β-unsaturated/α-hetero) is 1. The number of amides is 1. The van der Waals surface area contributed by atoms with Crippen LogP contribution in [-0.2, 0) is 4.79 Å². The van der Waals surface area contributed by atoms with Crippen LogP contribution >= 0.6 is 11.6 Å². The maximum atomic E-state index is 13.6. The molecule has 1 aliphatic heterocycles. The zero-order valence-electron chi connectivity index (χ0n) is 9.08. The first-order valence-electron chi connectivity index (χ1n) is 5.34. The molecule has 1 aliphatic rings. The number of hydrogen-bond acceptors (Lipinski definition) is 2. The number of ketones is 1. The van der Waals surface area contributed by atoms with Gasteiger partial charge in [-0.1, -0.05) is 17.7 Å². The number of likely N-dealkylation sites (tertiary alicyclic amines) is 1. The Balaban J connectivity index is 2.20. The summed E-state index contributed by atoms with van der Waals surface area (Å²) >= 11 is 5.62. The van der Waals surface area contributed by atoms with Gasteiger partial charge in [0.05, 0.1) is 10.6 Å². The third-order valence-electron chi connectivity index (χ3n) is 2.79. The van der Waals surface area contributed by atoms with E-state index in [9.17, 15) is 14.0 Å². The number of carbonyl (C=O) groups excluding carboxylic acids is 2. The van der Waals surface area contributed by atoms with E-state index in [1.807, 2.05) is 0 Å². The Morgan fingerprint density at radius 3 is 2.59 bits per heavy atom. The van der Waals surface area contributed by atoms with Crippen molar-refractivity contribution in [2.75, 3.05) is 13.1 Å². The van der Waals surface area contributed by atoms with Gasteiger partial charge in [0, 0.05) is 25.9 Å². The molecule has 1 saturated heterocycles. The monoisotopic (exact) mass is 255 g/mol. The first-order chi connectivity index (χ1) is 8.09. The number of benzene rings is 1. The molecular weight excluding hydrogens is 245 g/mol. The minimum atomic E-state index is -0.698. The SMILES string of the molecule is O=C1CCN(C(=O)c2cccc(Cl)c2F)CC1. The summed E-state index contributed by atoms with van der Waals surface area (Å²) < 4.78 is 13.6. The van der Waals surface area contributed by atoms with E-state index in [-0.39, 0.29) is 16.4 Å². The van der Waals surface area contributed by atoms with E-state index in [0.717, 1.165) is 0 Å². The van der Waals surface area contributed by atoms with Crippen LogP contribution < -0.4 is 0 Å². The summed E-state index contributed by atoms with van der Waals surface area (Å²) in [6.45, 7) is 0.702. The molecule has 5 heteroatoms. The molecule has 1 fully saturated rings. The van der Waals surface area contributed by atoms with E-state index >= 15 is 0 Å². The molecule has 1 amide bonds. The number of rotatable bonds is 1. The molecule has 0 aliphatic carbocycles. The second-order valence-electron chi connectivity index (χ2n) is 3.93. The van der Waals surface area contributed by atoms with Gasteiger partial charge in [-0.05, 0) is 12.1 Å². The number of nitrogens with zero attached hydrogens (tertiary/aromatic N) is 1. The Kier molecular flexibility index (Phi) is 3.43. The molecule has 0 spiro atoms.